The summed E-state index contributed by atoms with van der Waals surface area (Å²) >= 11 is 0. The number of hydrogen-bond donors (Lipinski definition) is 1. The molecule has 2 rings (SSSR count). The smallest absolute Gasteiger partial charge is 0.201 e. The minimum atomic E-state index is -1.82. The Morgan fingerprint density at radius 1 is 1.00 bits per heavy atom. The normalized spacial score (nSPS) is 38.4. The zero-order chi connectivity index (χ0) is 14.6. The van der Waals surface area contributed by atoms with Crippen molar-refractivity contribution < 1.29 is 9.53 Å². The van der Waals surface area contributed by atoms with Crippen molar-refractivity contribution in [3.63, 3.8) is 0 Å². The van der Waals surface area contributed by atoms with Gasteiger partial charge in [-0.1, -0.05) is 41.5 Å². The molecule has 2 aliphatic carbocycles. The molecular formula is C16H32O2Si. The van der Waals surface area contributed by atoms with Crippen LogP contribution in [-0.4, -0.2) is 24.6 Å². The first-order valence-electron chi connectivity index (χ1n) is 7.98. The molecule has 0 amide bonds. The van der Waals surface area contributed by atoms with Gasteiger partial charge in [0.1, 0.15) is 0 Å². The molecule has 2 aliphatic rings. The SMILES string of the molecule is CC(C)[Si](O[C@]1(C)C[C@@H]2C[C@]2(O)C1)(C(C)C)C(C)C. The van der Waals surface area contributed by atoms with E-state index >= 15 is 0 Å². The van der Waals surface area contributed by atoms with E-state index < -0.39 is 8.32 Å². The van der Waals surface area contributed by atoms with Crippen LogP contribution < -0.4 is 0 Å². The third-order valence-electron chi connectivity index (χ3n) is 5.69. The Morgan fingerprint density at radius 3 is 1.79 bits per heavy atom. The van der Waals surface area contributed by atoms with Crippen LogP contribution in [0.3, 0.4) is 0 Å². The van der Waals surface area contributed by atoms with Crippen LogP contribution in [0.5, 0.6) is 0 Å². The van der Waals surface area contributed by atoms with Gasteiger partial charge < -0.3 is 9.53 Å². The van der Waals surface area contributed by atoms with Crippen LogP contribution in [0, 0.1) is 5.92 Å². The molecule has 2 fully saturated rings. The minimum absolute atomic E-state index is 0.0807. The van der Waals surface area contributed by atoms with Crippen molar-refractivity contribution in [1.29, 1.82) is 0 Å². The molecule has 0 bridgehead atoms. The summed E-state index contributed by atoms with van der Waals surface area (Å²) in [6.07, 6.45) is 2.92. The molecule has 3 heteroatoms. The lowest BCUT2D eigenvalue weighted by atomic mass is 10.0. The van der Waals surface area contributed by atoms with Crippen molar-refractivity contribution in [1.82, 2.24) is 0 Å². The van der Waals surface area contributed by atoms with E-state index in [1.165, 1.54) is 0 Å². The molecule has 3 atom stereocenters. The van der Waals surface area contributed by atoms with E-state index in [0.717, 1.165) is 19.3 Å². The van der Waals surface area contributed by atoms with Gasteiger partial charge in [0.05, 0.1) is 11.2 Å². The Labute approximate surface area is 120 Å². The van der Waals surface area contributed by atoms with Crippen LogP contribution in [0.2, 0.25) is 16.6 Å². The summed E-state index contributed by atoms with van der Waals surface area (Å²) in [5.74, 6) is 0.510. The highest BCUT2D eigenvalue weighted by Gasteiger charge is 2.65. The Hall–Kier alpha value is 0.137. The zero-order valence-electron chi connectivity index (χ0n) is 13.8. The van der Waals surface area contributed by atoms with Gasteiger partial charge in [0, 0.05) is 6.42 Å². The number of fused-ring (bicyclic) bond motifs is 1. The van der Waals surface area contributed by atoms with E-state index in [1.54, 1.807) is 0 Å². The summed E-state index contributed by atoms with van der Waals surface area (Å²) in [7, 11) is -1.82. The van der Waals surface area contributed by atoms with Crippen LogP contribution in [0.25, 0.3) is 0 Å². The highest BCUT2D eigenvalue weighted by atomic mass is 28.4. The molecular weight excluding hydrogens is 252 g/mol. The van der Waals surface area contributed by atoms with Gasteiger partial charge >= 0.3 is 0 Å². The quantitative estimate of drug-likeness (QED) is 0.754. The molecule has 0 heterocycles. The molecule has 1 N–H and O–H groups in total. The molecule has 112 valence electrons. The monoisotopic (exact) mass is 284 g/mol. The fourth-order valence-electron chi connectivity index (χ4n) is 4.95. The first-order chi connectivity index (χ1) is 8.56. The Kier molecular flexibility index (Phi) is 3.73. The predicted molar refractivity (Wildman–Crippen MR) is 82.8 cm³/mol. The molecule has 0 spiro atoms. The molecule has 0 aliphatic heterocycles. The maximum Gasteiger partial charge on any atom is 0.201 e. The molecule has 2 nitrogen and oxygen atoms in total. The number of aliphatic hydroxyl groups is 1. The summed E-state index contributed by atoms with van der Waals surface area (Å²) in [6.45, 7) is 16.2. The van der Waals surface area contributed by atoms with Crippen LogP contribution in [0.15, 0.2) is 0 Å². The van der Waals surface area contributed by atoms with Crippen LogP contribution in [-0.2, 0) is 4.43 Å². The van der Waals surface area contributed by atoms with E-state index in [1.807, 2.05) is 0 Å². The highest BCUT2D eigenvalue weighted by molar-refractivity contribution is 6.77. The summed E-state index contributed by atoms with van der Waals surface area (Å²) in [5, 5.41) is 10.4. The first kappa shape index (κ1) is 15.5. The largest absolute Gasteiger partial charge is 0.411 e. The summed E-state index contributed by atoms with van der Waals surface area (Å²) in [6, 6.07) is 0. The van der Waals surface area contributed by atoms with Crippen molar-refractivity contribution in [2.75, 3.05) is 0 Å². The molecule has 2 saturated carbocycles. The Balaban J connectivity index is 2.21. The third-order valence-corrected chi connectivity index (χ3v) is 11.9. The predicted octanol–water partition coefficient (Wildman–Crippen LogP) is 4.48. The second-order valence-corrected chi connectivity index (χ2v) is 13.6. The van der Waals surface area contributed by atoms with E-state index in [2.05, 4.69) is 48.5 Å². The van der Waals surface area contributed by atoms with Gasteiger partial charge in [0.2, 0.25) is 8.32 Å². The maximum absolute atomic E-state index is 10.4. The van der Waals surface area contributed by atoms with Crippen molar-refractivity contribution >= 4 is 8.32 Å². The van der Waals surface area contributed by atoms with Gasteiger partial charge in [-0.3, -0.25) is 0 Å². The fourth-order valence-corrected chi connectivity index (χ4v) is 10.7. The van der Waals surface area contributed by atoms with E-state index in [-0.39, 0.29) is 11.2 Å². The molecule has 0 aromatic rings. The molecule has 0 aromatic heterocycles. The van der Waals surface area contributed by atoms with Crippen molar-refractivity contribution in [3.8, 4) is 0 Å². The Bertz CT molecular complexity index is 331. The maximum atomic E-state index is 10.4. The van der Waals surface area contributed by atoms with Crippen molar-refractivity contribution in [3.05, 3.63) is 0 Å². The highest BCUT2D eigenvalue weighted by Crippen LogP contribution is 2.62. The average molecular weight is 285 g/mol. The second kappa shape index (κ2) is 4.57. The Morgan fingerprint density at radius 2 is 1.47 bits per heavy atom. The van der Waals surface area contributed by atoms with E-state index in [4.69, 9.17) is 4.43 Å². The van der Waals surface area contributed by atoms with Crippen LogP contribution in [0.1, 0.15) is 67.7 Å². The fraction of sp³-hybridized carbons (Fsp3) is 1.00. The number of hydrogen-bond acceptors (Lipinski definition) is 2. The van der Waals surface area contributed by atoms with E-state index in [0.29, 0.717) is 22.5 Å². The lowest BCUT2D eigenvalue weighted by Crippen LogP contribution is -2.53. The first-order valence-corrected chi connectivity index (χ1v) is 10.1. The summed E-state index contributed by atoms with van der Waals surface area (Å²) in [5.41, 5.74) is 1.41. The van der Waals surface area contributed by atoms with Gasteiger partial charge in [0.15, 0.2) is 0 Å². The lowest BCUT2D eigenvalue weighted by Gasteiger charge is -2.48. The summed E-state index contributed by atoms with van der Waals surface area (Å²) in [4.78, 5) is 0. The average Bonchev–Trinajstić information content (AvgIpc) is 2.73. The van der Waals surface area contributed by atoms with Crippen molar-refractivity contribution in [2.24, 2.45) is 5.92 Å². The molecule has 0 unspecified atom stereocenters. The van der Waals surface area contributed by atoms with E-state index in [9.17, 15) is 5.11 Å². The van der Waals surface area contributed by atoms with Crippen molar-refractivity contribution in [2.45, 2.75) is 95.6 Å². The minimum Gasteiger partial charge on any atom is -0.411 e. The molecule has 0 radical (unpaired) electrons. The van der Waals surface area contributed by atoms with Crippen LogP contribution >= 0.6 is 0 Å². The van der Waals surface area contributed by atoms with Gasteiger partial charge in [-0.25, -0.2) is 0 Å². The molecule has 0 aromatic carbocycles. The van der Waals surface area contributed by atoms with Gasteiger partial charge in [-0.15, -0.1) is 0 Å². The topological polar surface area (TPSA) is 29.5 Å². The molecule has 19 heavy (non-hydrogen) atoms. The second-order valence-electron chi connectivity index (χ2n) is 8.26. The standard InChI is InChI=1S/C16H32O2Si/c1-11(2)19(12(3)4,13(5)6)18-15(7)8-14-9-16(14,17)10-15/h11-14,17H,8-10H2,1-7H3/t14-,15-,16+/m1/s1. The van der Waals surface area contributed by atoms with Gasteiger partial charge in [-0.2, -0.15) is 0 Å². The van der Waals surface area contributed by atoms with Gasteiger partial charge in [0.25, 0.3) is 0 Å². The molecule has 0 saturated heterocycles. The zero-order valence-corrected chi connectivity index (χ0v) is 14.8. The number of rotatable bonds is 5. The lowest BCUT2D eigenvalue weighted by molar-refractivity contribution is 0.0309. The van der Waals surface area contributed by atoms with Crippen LogP contribution in [0.4, 0.5) is 0 Å². The summed E-state index contributed by atoms with van der Waals surface area (Å²) < 4.78 is 6.92. The van der Waals surface area contributed by atoms with Gasteiger partial charge in [-0.05, 0) is 42.3 Å². The third kappa shape index (κ3) is 2.42.